The minimum atomic E-state index is -2.95. The molecule has 1 unspecified atom stereocenters. The molecule has 0 saturated carbocycles. The molecule has 1 atom stereocenters. The van der Waals surface area contributed by atoms with Gasteiger partial charge in [-0.1, -0.05) is 30.8 Å². The number of carbonyl (C=O) groups is 2. The van der Waals surface area contributed by atoms with Gasteiger partial charge >= 0.3 is 6.61 Å². The first-order chi connectivity index (χ1) is 16.3. The van der Waals surface area contributed by atoms with Crippen LogP contribution in [-0.2, 0) is 9.59 Å². The Morgan fingerprint density at radius 2 is 1.79 bits per heavy atom. The molecule has 0 saturated heterocycles. The summed E-state index contributed by atoms with van der Waals surface area (Å²) in [6, 6.07) is 12.8. The second-order valence-electron chi connectivity index (χ2n) is 7.26. The lowest BCUT2D eigenvalue weighted by atomic mass is 10.2. The molecule has 34 heavy (non-hydrogen) atoms. The van der Waals surface area contributed by atoms with E-state index in [0.717, 1.165) is 23.7 Å². The van der Waals surface area contributed by atoms with E-state index in [1.165, 1.54) is 29.2 Å². The van der Waals surface area contributed by atoms with Crippen molar-refractivity contribution in [2.45, 2.75) is 32.1 Å². The molecule has 1 N–H and O–H groups in total. The van der Waals surface area contributed by atoms with Gasteiger partial charge in [-0.3, -0.25) is 14.5 Å². The van der Waals surface area contributed by atoms with Crippen molar-refractivity contribution in [3.8, 4) is 11.5 Å². The number of halogens is 2. The number of amidine groups is 1. The van der Waals surface area contributed by atoms with E-state index in [0.29, 0.717) is 23.1 Å². The smallest absolute Gasteiger partial charge is 0.387 e. The van der Waals surface area contributed by atoms with Crippen molar-refractivity contribution >= 4 is 40.5 Å². The predicted molar refractivity (Wildman–Crippen MR) is 129 cm³/mol. The highest BCUT2D eigenvalue weighted by molar-refractivity contribution is 8.15. The molecule has 0 spiro atoms. The molecule has 0 aliphatic carbocycles. The van der Waals surface area contributed by atoms with Crippen molar-refractivity contribution in [2.24, 2.45) is 4.99 Å². The SMILES string of the molecule is CCCNC(=O)C(C)SC1=N/C(=C\c2ccc(OC)cc2)C(=O)N1c1ccc(OC(F)F)cc1. The number of nitrogens with one attached hydrogen (secondary N) is 1. The molecule has 1 aliphatic heterocycles. The molecule has 180 valence electrons. The molecule has 2 aromatic carbocycles. The number of ether oxygens (including phenoxy) is 2. The maximum atomic E-state index is 13.3. The summed E-state index contributed by atoms with van der Waals surface area (Å²) in [4.78, 5) is 31.5. The number of nitrogens with zero attached hydrogens (tertiary/aromatic N) is 2. The summed E-state index contributed by atoms with van der Waals surface area (Å²) >= 11 is 1.14. The molecular formula is C24H25F2N3O4S. The number of anilines is 1. The maximum absolute atomic E-state index is 13.3. The fourth-order valence-corrected chi connectivity index (χ4v) is 3.99. The van der Waals surface area contributed by atoms with Gasteiger partial charge in [0.15, 0.2) is 5.17 Å². The first-order valence-electron chi connectivity index (χ1n) is 10.6. The number of rotatable bonds is 9. The lowest BCUT2D eigenvalue weighted by molar-refractivity contribution is -0.120. The Hall–Kier alpha value is -3.40. The molecule has 7 nitrogen and oxygen atoms in total. The summed E-state index contributed by atoms with van der Waals surface area (Å²) in [5.41, 5.74) is 1.34. The highest BCUT2D eigenvalue weighted by Crippen LogP contribution is 2.32. The number of carbonyl (C=O) groups excluding carboxylic acids is 2. The summed E-state index contributed by atoms with van der Waals surface area (Å²) in [7, 11) is 1.56. The van der Waals surface area contributed by atoms with E-state index in [1.807, 2.05) is 6.92 Å². The van der Waals surface area contributed by atoms with Crippen LogP contribution < -0.4 is 19.7 Å². The van der Waals surface area contributed by atoms with Crippen LogP contribution in [-0.4, -0.2) is 42.5 Å². The number of methoxy groups -OCH3 is 1. The van der Waals surface area contributed by atoms with Gasteiger partial charge in [0, 0.05) is 6.54 Å². The monoisotopic (exact) mass is 489 g/mol. The molecular weight excluding hydrogens is 464 g/mol. The Bertz CT molecular complexity index is 1070. The number of aliphatic imine (C=N–C) groups is 1. The van der Waals surface area contributed by atoms with E-state index in [9.17, 15) is 18.4 Å². The third-order valence-corrected chi connectivity index (χ3v) is 5.82. The third kappa shape index (κ3) is 6.34. The highest BCUT2D eigenvalue weighted by atomic mass is 32.2. The van der Waals surface area contributed by atoms with Crippen LogP contribution in [0.3, 0.4) is 0 Å². The first-order valence-corrected chi connectivity index (χ1v) is 11.5. The topological polar surface area (TPSA) is 80.2 Å². The molecule has 0 bridgehead atoms. The first kappa shape index (κ1) is 25.2. The standard InChI is InChI=1S/C24H25F2N3O4S/c1-4-13-27-21(30)15(2)34-24-28-20(14-16-5-9-18(32-3)10-6-16)22(31)29(24)17-7-11-19(12-8-17)33-23(25)26/h5-12,14-15,23H,4,13H2,1-3H3,(H,27,30)/b20-14-. The fraction of sp³-hybridized carbons (Fsp3) is 0.292. The Morgan fingerprint density at radius 1 is 1.15 bits per heavy atom. The Balaban J connectivity index is 1.91. The lowest BCUT2D eigenvalue weighted by Gasteiger charge is -2.20. The summed E-state index contributed by atoms with van der Waals surface area (Å²) in [6.07, 6.45) is 2.44. The third-order valence-electron chi connectivity index (χ3n) is 4.77. The van der Waals surface area contributed by atoms with Gasteiger partial charge in [0.05, 0.1) is 18.0 Å². The summed E-state index contributed by atoms with van der Waals surface area (Å²) < 4.78 is 34.5. The zero-order valence-electron chi connectivity index (χ0n) is 19.0. The van der Waals surface area contributed by atoms with Crippen LogP contribution in [0.1, 0.15) is 25.8 Å². The maximum Gasteiger partial charge on any atom is 0.387 e. The molecule has 1 aliphatic rings. The predicted octanol–water partition coefficient (Wildman–Crippen LogP) is 4.69. The Morgan fingerprint density at radius 3 is 2.38 bits per heavy atom. The number of thioether (sulfide) groups is 1. The van der Waals surface area contributed by atoms with Gasteiger partial charge in [0.25, 0.3) is 5.91 Å². The number of hydrogen-bond acceptors (Lipinski definition) is 6. The summed E-state index contributed by atoms with van der Waals surface area (Å²) in [6.45, 7) is 1.28. The summed E-state index contributed by atoms with van der Waals surface area (Å²) in [5.74, 6) is 0.0781. The lowest BCUT2D eigenvalue weighted by Crippen LogP contribution is -2.36. The molecule has 2 aromatic rings. The largest absolute Gasteiger partial charge is 0.497 e. The minimum absolute atomic E-state index is 0.0298. The van der Waals surface area contributed by atoms with Crippen molar-refractivity contribution in [1.29, 1.82) is 0 Å². The van der Waals surface area contributed by atoms with Crippen LogP contribution in [0, 0.1) is 0 Å². The van der Waals surface area contributed by atoms with E-state index in [2.05, 4.69) is 15.0 Å². The van der Waals surface area contributed by atoms with Crippen LogP contribution >= 0.6 is 11.8 Å². The van der Waals surface area contributed by atoms with Crippen molar-refractivity contribution < 1.29 is 27.8 Å². The molecule has 0 aromatic heterocycles. The summed E-state index contributed by atoms with van der Waals surface area (Å²) in [5, 5.41) is 2.63. The number of benzene rings is 2. The van der Waals surface area contributed by atoms with Gasteiger partial charge in [-0.15, -0.1) is 0 Å². The second-order valence-corrected chi connectivity index (χ2v) is 8.57. The average molecular weight is 490 g/mol. The van der Waals surface area contributed by atoms with E-state index in [1.54, 1.807) is 44.4 Å². The van der Waals surface area contributed by atoms with Crippen molar-refractivity contribution in [3.05, 3.63) is 59.8 Å². The van der Waals surface area contributed by atoms with Crippen LogP contribution in [0.25, 0.3) is 6.08 Å². The Labute approximate surface area is 200 Å². The van der Waals surface area contributed by atoms with Crippen molar-refractivity contribution in [1.82, 2.24) is 5.32 Å². The molecule has 10 heteroatoms. The van der Waals surface area contributed by atoms with Gasteiger partial charge < -0.3 is 14.8 Å². The van der Waals surface area contributed by atoms with Gasteiger partial charge in [0.1, 0.15) is 17.2 Å². The number of hydrogen-bond donors (Lipinski definition) is 1. The fourth-order valence-electron chi connectivity index (χ4n) is 3.04. The van der Waals surface area contributed by atoms with Crippen molar-refractivity contribution in [3.63, 3.8) is 0 Å². The number of amides is 2. The van der Waals surface area contributed by atoms with Crippen LogP contribution in [0.5, 0.6) is 11.5 Å². The molecule has 1 heterocycles. The second kappa shape index (κ2) is 11.6. The van der Waals surface area contributed by atoms with E-state index < -0.39 is 17.8 Å². The normalized spacial score (nSPS) is 15.5. The van der Waals surface area contributed by atoms with Gasteiger partial charge in [-0.25, -0.2) is 4.99 Å². The van der Waals surface area contributed by atoms with Crippen LogP contribution in [0.2, 0.25) is 0 Å². The van der Waals surface area contributed by atoms with E-state index >= 15 is 0 Å². The van der Waals surface area contributed by atoms with Gasteiger partial charge in [0.2, 0.25) is 5.91 Å². The van der Waals surface area contributed by atoms with Crippen molar-refractivity contribution in [2.75, 3.05) is 18.6 Å². The highest BCUT2D eigenvalue weighted by Gasteiger charge is 2.34. The molecule has 0 fully saturated rings. The minimum Gasteiger partial charge on any atom is -0.497 e. The molecule has 0 radical (unpaired) electrons. The van der Waals surface area contributed by atoms with E-state index in [-0.39, 0.29) is 17.4 Å². The van der Waals surface area contributed by atoms with Crippen LogP contribution in [0.4, 0.5) is 14.5 Å². The zero-order valence-corrected chi connectivity index (χ0v) is 19.8. The molecule has 2 amide bonds. The van der Waals surface area contributed by atoms with Gasteiger partial charge in [-0.05, 0) is 61.4 Å². The van der Waals surface area contributed by atoms with Crippen LogP contribution in [0.15, 0.2) is 59.2 Å². The zero-order chi connectivity index (χ0) is 24.7. The van der Waals surface area contributed by atoms with E-state index in [4.69, 9.17) is 4.74 Å². The quantitative estimate of drug-likeness (QED) is 0.517. The van der Waals surface area contributed by atoms with Gasteiger partial charge in [-0.2, -0.15) is 8.78 Å². The Kier molecular flexibility index (Phi) is 8.64. The number of alkyl halides is 2. The average Bonchev–Trinajstić information content (AvgIpc) is 3.12. The molecule has 3 rings (SSSR count).